The molecular formula is C18H22N2O4S. The van der Waals surface area contributed by atoms with Gasteiger partial charge in [0.25, 0.3) is 10.0 Å². The van der Waals surface area contributed by atoms with Crippen LogP contribution in [0.2, 0.25) is 0 Å². The maximum Gasteiger partial charge on any atom is 0.352 e. The van der Waals surface area contributed by atoms with Gasteiger partial charge in [0.05, 0.1) is 5.69 Å². The van der Waals surface area contributed by atoms with Crippen molar-refractivity contribution in [3.63, 3.8) is 0 Å². The SMILES string of the molecule is CC(C)c1ccc2c(c1)CCCN2S(=O)(=O)c1cc(C(=O)O)n(C)c1. The first-order valence-corrected chi connectivity index (χ1v) is 9.71. The van der Waals surface area contributed by atoms with Crippen molar-refractivity contribution in [2.24, 2.45) is 7.05 Å². The molecule has 1 N–H and O–H groups in total. The molecule has 0 saturated heterocycles. The van der Waals surface area contributed by atoms with E-state index in [1.165, 1.54) is 33.7 Å². The number of hydrogen-bond donors (Lipinski definition) is 1. The number of rotatable bonds is 4. The van der Waals surface area contributed by atoms with Gasteiger partial charge in [0, 0.05) is 19.8 Å². The van der Waals surface area contributed by atoms with Crippen LogP contribution in [-0.2, 0) is 23.5 Å². The van der Waals surface area contributed by atoms with Gasteiger partial charge in [0.1, 0.15) is 10.6 Å². The summed E-state index contributed by atoms with van der Waals surface area (Å²) < 4.78 is 28.9. The Bertz CT molecular complexity index is 929. The van der Waals surface area contributed by atoms with Gasteiger partial charge in [-0.3, -0.25) is 4.31 Å². The molecule has 1 aromatic carbocycles. The molecule has 0 radical (unpaired) electrons. The van der Waals surface area contributed by atoms with E-state index >= 15 is 0 Å². The van der Waals surface area contributed by atoms with E-state index in [9.17, 15) is 13.2 Å². The summed E-state index contributed by atoms with van der Waals surface area (Å²) >= 11 is 0. The summed E-state index contributed by atoms with van der Waals surface area (Å²) in [6, 6.07) is 7.12. The number of aromatic nitrogens is 1. The molecular weight excluding hydrogens is 340 g/mol. The summed E-state index contributed by atoms with van der Waals surface area (Å²) in [6.45, 7) is 4.61. The Hall–Kier alpha value is -2.28. The van der Waals surface area contributed by atoms with E-state index in [1.54, 1.807) is 0 Å². The third-order valence-corrected chi connectivity index (χ3v) is 6.41. The molecule has 3 rings (SSSR count). The highest BCUT2D eigenvalue weighted by molar-refractivity contribution is 7.92. The summed E-state index contributed by atoms with van der Waals surface area (Å²) in [6.07, 6.45) is 2.94. The summed E-state index contributed by atoms with van der Waals surface area (Å²) in [5.74, 6) is -0.769. The number of aryl methyl sites for hydroxylation is 2. The van der Waals surface area contributed by atoms with Crippen LogP contribution in [-0.4, -0.2) is 30.6 Å². The number of hydrogen-bond acceptors (Lipinski definition) is 3. The van der Waals surface area contributed by atoms with Gasteiger partial charge in [-0.05, 0) is 42.0 Å². The highest BCUT2D eigenvalue weighted by Gasteiger charge is 2.31. The van der Waals surface area contributed by atoms with Gasteiger partial charge < -0.3 is 9.67 Å². The molecule has 0 aliphatic carbocycles. The third-order valence-electron chi connectivity index (χ3n) is 4.63. The zero-order valence-electron chi connectivity index (χ0n) is 14.6. The highest BCUT2D eigenvalue weighted by Crippen LogP contribution is 2.34. The molecule has 0 atom stereocenters. The fourth-order valence-corrected chi connectivity index (χ4v) is 4.82. The van der Waals surface area contributed by atoms with Gasteiger partial charge in [-0.15, -0.1) is 0 Å². The lowest BCUT2D eigenvalue weighted by Gasteiger charge is -2.30. The molecule has 134 valence electrons. The smallest absolute Gasteiger partial charge is 0.352 e. The summed E-state index contributed by atoms with van der Waals surface area (Å²) in [4.78, 5) is 11.2. The highest BCUT2D eigenvalue weighted by atomic mass is 32.2. The molecule has 1 aromatic heterocycles. The number of aromatic carboxylic acids is 1. The monoisotopic (exact) mass is 362 g/mol. The first kappa shape index (κ1) is 17.5. The zero-order chi connectivity index (χ0) is 18.4. The van der Waals surface area contributed by atoms with Gasteiger partial charge in [-0.1, -0.05) is 26.0 Å². The number of nitrogens with zero attached hydrogens (tertiary/aromatic N) is 2. The van der Waals surface area contributed by atoms with Crippen LogP contribution in [0.5, 0.6) is 0 Å². The maximum absolute atomic E-state index is 13.1. The van der Waals surface area contributed by atoms with Crippen molar-refractivity contribution >= 4 is 21.7 Å². The Labute approximate surface area is 147 Å². The van der Waals surface area contributed by atoms with E-state index in [2.05, 4.69) is 19.9 Å². The molecule has 1 aliphatic heterocycles. The normalized spacial score (nSPS) is 14.6. The molecule has 0 spiro atoms. The minimum atomic E-state index is -3.79. The van der Waals surface area contributed by atoms with Crippen LogP contribution in [0.3, 0.4) is 0 Å². The van der Waals surface area contributed by atoms with E-state index in [0.717, 1.165) is 18.4 Å². The molecule has 0 fully saturated rings. The molecule has 25 heavy (non-hydrogen) atoms. The Morgan fingerprint density at radius 3 is 2.56 bits per heavy atom. The fraction of sp³-hybridized carbons (Fsp3) is 0.389. The van der Waals surface area contributed by atoms with Crippen LogP contribution in [0.15, 0.2) is 35.4 Å². The largest absolute Gasteiger partial charge is 0.477 e. The second-order valence-corrected chi connectivity index (χ2v) is 8.56. The number of carboxylic acid groups (broad SMARTS) is 1. The number of benzene rings is 1. The zero-order valence-corrected chi connectivity index (χ0v) is 15.4. The van der Waals surface area contributed by atoms with Crippen LogP contribution in [0.1, 0.15) is 47.8 Å². The molecule has 1 aliphatic rings. The number of anilines is 1. The maximum atomic E-state index is 13.1. The lowest BCUT2D eigenvalue weighted by atomic mass is 9.96. The predicted molar refractivity (Wildman–Crippen MR) is 95.8 cm³/mol. The molecule has 0 saturated carbocycles. The summed E-state index contributed by atoms with van der Waals surface area (Å²) in [5.41, 5.74) is 2.85. The van der Waals surface area contributed by atoms with Gasteiger partial charge in [0.15, 0.2) is 0 Å². The number of carboxylic acids is 1. The Morgan fingerprint density at radius 1 is 1.24 bits per heavy atom. The average Bonchev–Trinajstić information content (AvgIpc) is 2.96. The van der Waals surface area contributed by atoms with Crippen molar-refractivity contribution in [3.05, 3.63) is 47.3 Å². The van der Waals surface area contributed by atoms with Crippen LogP contribution in [0.25, 0.3) is 0 Å². The summed E-state index contributed by atoms with van der Waals surface area (Å²) in [5, 5.41) is 9.17. The van der Waals surface area contributed by atoms with Crippen LogP contribution < -0.4 is 4.31 Å². The lowest BCUT2D eigenvalue weighted by Crippen LogP contribution is -2.35. The third kappa shape index (κ3) is 3.04. The topological polar surface area (TPSA) is 79.6 Å². The van der Waals surface area contributed by atoms with Gasteiger partial charge >= 0.3 is 5.97 Å². The van der Waals surface area contributed by atoms with Crippen molar-refractivity contribution < 1.29 is 18.3 Å². The van der Waals surface area contributed by atoms with E-state index < -0.39 is 16.0 Å². The number of carbonyl (C=O) groups is 1. The van der Waals surface area contributed by atoms with E-state index in [4.69, 9.17) is 5.11 Å². The quantitative estimate of drug-likeness (QED) is 0.907. The second-order valence-electron chi connectivity index (χ2n) is 6.70. The van der Waals surface area contributed by atoms with Crippen molar-refractivity contribution in [1.82, 2.24) is 4.57 Å². The lowest BCUT2D eigenvalue weighted by molar-refractivity contribution is 0.0686. The van der Waals surface area contributed by atoms with Crippen LogP contribution >= 0.6 is 0 Å². The predicted octanol–water partition coefficient (Wildman–Crippen LogP) is 2.99. The second kappa shape index (κ2) is 6.22. The molecule has 2 heterocycles. The molecule has 0 bridgehead atoms. The van der Waals surface area contributed by atoms with E-state index in [-0.39, 0.29) is 10.6 Å². The first-order chi connectivity index (χ1) is 11.7. The minimum absolute atomic E-state index is 0.00758. The van der Waals surface area contributed by atoms with Gasteiger partial charge in [-0.25, -0.2) is 13.2 Å². The molecule has 6 nitrogen and oxygen atoms in total. The molecule has 0 unspecified atom stereocenters. The van der Waals surface area contributed by atoms with Crippen LogP contribution in [0, 0.1) is 0 Å². The Morgan fingerprint density at radius 2 is 1.96 bits per heavy atom. The number of sulfonamides is 1. The van der Waals surface area contributed by atoms with Crippen molar-refractivity contribution in [2.75, 3.05) is 10.8 Å². The Kier molecular flexibility index (Phi) is 4.36. The average molecular weight is 362 g/mol. The molecule has 0 amide bonds. The fourth-order valence-electron chi connectivity index (χ4n) is 3.21. The van der Waals surface area contributed by atoms with Crippen LogP contribution in [0.4, 0.5) is 5.69 Å². The van der Waals surface area contributed by atoms with Crippen molar-refractivity contribution in [3.8, 4) is 0 Å². The first-order valence-electron chi connectivity index (χ1n) is 8.27. The summed E-state index contributed by atoms with van der Waals surface area (Å²) in [7, 11) is -2.27. The van der Waals surface area contributed by atoms with Crippen molar-refractivity contribution in [2.45, 2.75) is 37.5 Å². The minimum Gasteiger partial charge on any atom is -0.477 e. The molecule has 7 heteroatoms. The number of fused-ring (bicyclic) bond motifs is 1. The Balaban J connectivity index is 2.05. The van der Waals surface area contributed by atoms with E-state index in [1.807, 2.05) is 12.1 Å². The standard InChI is InChI=1S/C18H22N2O4S/c1-12(2)13-6-7-16-14(9-13)5-4-8-20(16)25(23,24)15-10-17(18(21)22)19(3)11-15/h6-7,9-12H,4-5,8H2,1-3H3,(H,21,22). The molecule has 2 aromatic rings. The van der Waals surface area contributed by atoms with Crippen molar-refractivity contribution in [1.29, 1.82) is 0 Å². The van der Waals surface area contributed by atoms with Gasteiger partial charge in [0.2, 0.25) is 0 Å². The van der Waals surface area contributed by atoms with E-state index in [0.29, 0.717) is 18.2 Å². The van der Waals surface area contributed by atoms with Gasteiger partial charge in [-0.2, -0.15) is 0 Å².